The number of nitrogens with one attached hydrogen (secondary N) is 2. The summed E-state index contributed by atoms with van der Waals surface area (Å²) in [6.07, 6.45) is 0. The highest BCUT2D eigenvalue weighted by Crippen LogP contribution is 2.16. The molecule has 0 saturated heterocycles. The normalized spacial score (nSPS) is 12.4. The molecule has 2 aromatic carbocycles. The maximum Gasteiger partial charge on any atom is 0.324 e. The van der Waals surface area contributed by atoms with Gasteiger partial charge in [0.25, 0.3) is 5.91 Å². The van der Waals surface area contributed by atoms with Gasteiger partial charge in [0.2, 0.25) is 10.0 Å². The molecule has 0 unspecified atom stereocenters. The smallest absolute Gasteiger partial charge is 0.324 e. The number of rotatable bonds is 8. The lowest BCUT2D eigenvalue weighted by atomic mass is 10.1. The monoisotopic (exact) mass is 422 g/mol. The lowest BCUT2D eigenvalue weighted by molar-refractivity contribution is -0.150. The Balaban J connectivity index is 2.01. The van der Waals surface area contributed by atoms with Crippen molar-refractivity contribution in [2.45, 2.75) is 31.7 Å². The second-order valence-corrected chi connectivity index (χ2v) is 8.49. The third-order valence-corrected chi connectivity index (χ3v) is 5.53. The highest BCUT2D eigenvalue weighted by atomic mass is 32.2. The van der Waals surface area contributed by atoms with Gasteiger partial charge in [-0.2, -0.15) is 4.72 Å². The van der Waals surface area contributed by atoms with Crippen molar-refractivity contribution in [1.82, 2.24) is 4.72 Å². The first-order valence-corrected chi connectivity index (χ1v) is 10.4. The van der Waals surface area contributed by atoms with Crippen molar-refractivity contribution in [3.05, 3.63) is 59.9 Å². The number of carbonyl (C=O) groups excluding carboxylic acids is 2. The van der Waals surface area contributed by atoms with E-state index in [0.29, 0.717) is 5.56 Å². The van der Waals surface area contributed by atoms with Crippen LogP contribution in [-0.2, 0) is 24.3 Å². The molecule has 29 heavy (non-hydrogen) atoms. The first-order valence-electron chi connectivity index (χ1n) is 8.90. The summed E-state index contributed by atoms with van der Waals surface area (Å²) in [7, 11) is -3.94. The van der Waals surface area contributed by atoms with Gasteiger partial charge in [-0.1, -0.05) is 38.1 Å². The Kier molecular flexibility index (Phi) is 7.46. The summed E-state index contributed by atoms with van der Waals surface area (Å²) in [4.78, 5) is 24.4. The van der Waals surface area contributed by atoms with Gasteiger partial charge in [0.05, 0.1) is 4.90 Å². The van der Waals surface area contributed by atoms with Crippen molar-refractivity contribution in [3.8, 4) is 0 Å². The molecule has 1 amide bonds. The second-order valence-electron chi connectivity index (χ2n) is 6.77. The van der Waals surface area contributed by atoms with Crippen LogP contribution in [0.15, 0.2) is 53.4 Å². The highest BCUT2D eigenvalue weighted by Gasteiger charge is 2.30. The zero-order chi connectivity index (χ0) is 21.6. The summed E-state index contributed by atoms with van der Waals surface area (Å²) in [5, 5.41) is 2.45. The Morgan fingerprint density at radius 1 is 1.10 bits per heavy atom. The summed E-state index contributed by atoms with van der Waals surface area (Å²) in [6.45, 7) is 4.35. The van der Waals surface area contributed by atoms with Crippen LogP contribution in [0.4, 0.5) is 10.1 Å². The van der Waals surface area contributed by atoms with Crippen LogP contribution >= 0.6 is 0 Å². The molecular weight excluding hydrogens is 399 g/mol. The maximum atomic E-state index is 13.3. The molecule has 2 rings (SSSR count). The fraction of sp³-hybridized carbons (Fsp3) is 0.300. The molecule has 156 valence electrons. The van der Waals surface area contributed by atoms with Gasteiger partial charge >= 0.3 is 5.97 Å². The van der Waals surface area contributed by atoms with Gasteiger partial charge < -0.3 is 10.1 Å². The van der Waals surface area contributed by atoms with Crippen molar-refractivity contribution in [2.75, 3.05) is 11.9 Å². The zero-order valence-corrected chi connectivity index (χ0v) is 17.1. The Morgan fingerprint density at radius 2 is 1.76 bits per heavy atom. The number of amides is 1. The first-order chi connectivity index (χ1) is 13.6. The number of benzene rings is 2. The van der Waals surface area contributed by atoms with Crippen molar-refractivity contribution >= 4 is 27.6 Å². The Labute approximate surface area is 169 Å². The van der Waals surface area contributed by atoms with Crippen LogP contribution in [0, 0.1) is 18.7 Å². The summed E-state index contributed by atoms with van der Waals surface area (Å²) < 4.78 is 45.5. The number of anilines is 1. The van der Waals surface area contributed by atoms with Crippen LogP contribution in [0.25, 0.3) is 0 Å². The number of hydrogen-bond donors (Lipinski definition) is 2. The van der Waals surface area contributed by atoms with Crippen LogP contribution in [0.5, 0.6) is 0 Å². The molecule has 0 fully saturated rings. The fourth-order valence-corrected chi connectivity index (χ4v) is 3.79. The van der Waals surface area contributed by atoms with Crippen LogP contribution in [-0.4, -0.2) is 32.9 Å². The van der Waals surface area contributed by atoms with Crippen LogP contribution in [0.2, 0.25) is 0 Å². The molecule has 0 aliphatic heterocycles. The second kappa shape index (κ2) is 9.62. The third-order valence-electron chi connectivity index (χ3n) is 4.08. The Bertz CT molecular complexity index is 978. The molecule has 2 N–H and O–H groups in total. The first kappa shape index (κ1) is 22.5. The zero-order valence-electron chi connectivity index (χ0n) is 16.3. The number of halogens is 1. The minimum Gasteiger partial charge on any atom is -0.454 e. The fourth-order valence-electron chi connectivity index (χ4n) is 2.43. The predicted octanol–water partition coefficient (Wildman–Crippen LogP) is 2.62. The summed E-state index contributed by atoms with van der Waals surface area (Å²) in [6, 6.07) is 10.3. The van der Waals surface area contributed by atoms with Crippen molar-refractivity contribution in [2.24, 2.45) is 5.92 Å². The van der Waals surface area contributed by atoms with Gasteiger partial charge in [-0.3, -0.25) is 9.59 Å². The van der Waals surface area contributed by atoms with E-state index in [1.807, 2.05) is 0 Å². The molecule has 0 aliphatic rings. The molecule has 7 nitrogen and oxygen atoms in total. The van der Waals surface area contributed by atoms with Gasteiger partial charge in [-0.15, -0.1) is 0 Å². The minimum absolute atomic E-state index is 0.0118. The van der Waals surface area contributed by atoms with E-state index < -0.39 is 46.3 Å². The molecule has 0 heterocycles. The van der Waals surface area contributed by atoms with Crippen LogP contribution in [0.1, 0.15) is 19.4 Å². The van der Waals surface area contributed by atoms with Crippen LogP contribution < -0.4 is 10.0 Å². The van der Waals surface area contributed by atoms with E-state index >= 15 is 0 Å². The van der Waals surface area contributed by atoms with Gasteiger partial charge in [0.15, 0.2) is 6.61 Å². The van der Waals surface area contributed by atoms with E-state index in [0.717, 1.165) is 6.07 Å². The van der Waals surface area contributed by atoms with E-state index in [1.165, 1.54) is 24.3 Å². The summed E-state index contributed by atoms with van der Waals surface area (Å²) in [5.41, 5.74) is 0.901. The molecule has 0 bridgehead atoms. The highest BCUT2D eigenvalue weighted by molar-refractivity contribution is 7.89. The topological polar surface area (TPSA) is 102 Å². The van der Waals surface area contributed by atoms with E-state index in [1.54, 1.807) is 39.0 Å². The third kappa shape index (κ3) is 6.37. The largest absolute Gasteiger partial charge is 0.454 e. The average Bonchev–Trinajstić information content (AvgIpc) is 2.67. The van der Waals surface area contributed by atoms with Crippen molar-refractivity contribution < 1.29 is 27.1 Å². The van der Waals surface area contributed by atoms with E-state index in [-0.39, 0.29) is 10.6 Å². The number of esters is 1. The lowest BCUT2D eigenvalue weighted by Crippen LogP contribution is -2.45. The molecule has 0 saturated carbocycles. The van der Waals surface area contributed by atoms with Crippen LogP contribution in [0.3, 0.4) is 0 Å². The van der Waals surface area contributed by atoms with Gasteiger partial charge in [0.1, 0.15) is 11.9 Å². The molecule has 2 aromatic rings. The van der Waals surface area contributed by atoms with Gasteiger partial charge in [-0.25, -0.2) is 12.8 Å². The Morgan fingerprint density at radius 3 is 2.38 bits per heavy atom. The minimum atomic E-state index is -3.94. The van der Waals surface area contributed by atoms with Crippen molar-refractivity contribution in [1.29, 1.82) is 0 Å². The molecule has 0 aromatic heterocycles. The van der Waals surface area contributed by atoms with E-state index in [9.17, 15) is 22.4 Å². The SMILES string of the molecule is Cc1ccc(F)cc1NC(=O)COC(=O)[C@@H](NS(=O)(=O)c1ccccc1)C(C)C. The maximum absolute atomic E-state index is 13.3. The van der Waals surface area contributed by atoms with Gasteiger partial charge in [0, 0.05) is 5.69 Å². The number of sulfonamides is 1. The predicted molar refractivity (Wildman–Crippen MR) is 106 cm³/mol. The summed E-state index contributed by atoms with van der Waals surface area (Å²) in [5.74, 6) is -2.49. The standard InChI is InChI=1S/C20H23FN2O5S/c1-13(2)19(23-29(26,27)16-7-5-4-6-8-16)20(25)28-12-18(24)22-17-11-15(21)10-9-14(17)3/h4-11,13,19,23H,12H2,1-3H3,(H,22,24)/t19-/m0/s1. The summed E-state index contributed by atoms with van der Waals surface area (Å²) >= 11 is 0. The Hall–Kier alpha value is -2.78. The average molecular weight is 422 g/mol. The molecule has 1 atom stereocenters. The quantitative estimate of drug-likeness (QED) is 0.637. The molecule has 0 spiro atoms. The number of hydrogen-bond acceptors (Lipinski definition) is 5. The number of ether oxygens (including phenoxy) is 1. The lowest BCUT2D eigenvalue weighted by Gasteiger charge is -2.20. The molecule has 0 aliphatic carbocycles. The van der Waals surface area contributed by atoms with Gasteiger partial charge in [-0.05, 0) is 42.7 Å². The number of carbonyl (C=O) groups is 2. The van der Waals surface area contributed by atoms with Crippen molar-refractivity contribution in [3.63, 3.8) is 0 Å². The molecule has 0 radical (unpaired) electrons. The van der Waals surface area contributed by atoms with E-state index in [4.69, 9.17) is 4.74 Å². The molecule has 9 heteroatoms. The van der Waals surface area contributed by atoms with E-state index in [2.05, 4.69) is 10.0 Å². The number of aryl methyl sites for hydroxylation is 1. The molecular formula is C20H23FN2O5S.